The van der Waals surface area contributed by atoms with Gasteiger partial charge < -0.3 is 10.4 Å². The van der Waals surface area contributed by atoms with Crippen LogP contribution < -0.4 is 5.32 Å². The van der Waals surface area contributed by atoms with Crippen LogP contribution in [-0.4, -0.2) is 11.2 Å². The summed E-state index contributed by atoms with van der Waals surface area (Å²) in [5.74, 6) is 0. The zero-order valence-electron chi connectivity index (χ0n) is 7.46. The first-order valence-electron chi connectivity index (χ1n) is 4.40. The van der Waals surface area contributed by atoms with E-state index in [1.54, 1.807) is 0 Å². The summed E-state index contributed by atoms with van der Waals surface area (Å²) < 4.78 is 0.980. The van der Waals surface area contributed by atoms with Crippen molar-refractivity contribution in [3.05, 3.63) is 34.3 Å². The van der Waals surface area contributed by atoms with Gasteiger partial charge in [0.1, 0.15) is 0 Å². The third kappa shape index (κ3) is 1.75. The molecule has 0 unspecified atom stereocenters. The Morgan fingerprint density at radius 2 is 2.21 bits per heavy atom. The Balaban J connectivity index is 2.26. The minimum atomic E-state index is -0.956. The predicted molar refractivity (Wildman–Crippen MR) is 56.2 cm³/mol. The molecule has 2 N–H and O–H groups in total. The molecule has 0 aromatic heterocycles. The molecule has 0 atom stereocenters. The molecule has 1 saturated carbocycles. The lowest BCUT2D eigenvalue weighted by Crippen LogP contribution is -2.33. The lowest BCUT2D eigenvalue weighted by Gasteiger charge is -2.15. The van der Waals surface area contributed by atoms with Gasteiger partial charge in [-0.15, -0.1) is 0 Å². The quantitative estimate of drug-likeness (QED) is 0.854. The highest BCUT2D eigenvalue weighted by Gasteiger charge is 2.45. The van der Waals surface area contributed by atoms with Gasteiger partial charge in [-0.2, -0.15) is 0 Å². The monoisotopic (exact) mass is 255 g/mol. The van der Waals surface area contributed by atoms with Crippen LogP contribution in [0.15, 0.2) is 28.7 Å². The second kappa shape index (κ2) is 3.28. The number of rotatable bonds is 2. The van der Waals surface area contributed by atoms with Crippen molar-refractivity contribution in [2.45, 2.75) is 18.4 Å². The Morgan fingerprint density at radius 1 is 1.50 bits per heavy atom. The van der Waals surface area contributed by atoms with Gasteiger partial charge in [0, 0.05) is 4.47 Å². The fourth-order valence-corrected chi connectivity index (χ4v) is 2.00. The minimum Gasteiger partial charge on any atom is -0.465 e. The van der Waals surface area contributed by atoms with Crippen LogP contribution in [-0.2, 0) is 5.54 Å². The first kappa shape index (κ1) is 9.52. The van der Waals surface area contributed by atoms with Gasteiger partial charge in [-0.05, 0) is 30.5 Å². The van der Waals surface area contributed by atoms with Gasteiger partial charge in [-0.25, -0.2) is 4.79 Å². The Hall–Kier alpha value is -1.03. The van der Waals surface area contributed by atoms with Gasteiger partial charge >= 0.3 is 6.09 Å². The van der Waals surface area contributed by atoms with Crippen LogP contribution in [0.25, 0.3) is 0 Å². The molecule has 0 spiro atoms. The first-order valence-corrected chi connectivity index (χ1v) is 5.19. The highest BCUT2D eigenvalue weighted by atomic mass is 79.9. The van der Waals surface area contributed by atoms with Crippen LogP contribution in [0.2, 0.25) is 0 Å². The number of halogens is 1. The van der Waals surface area contributed by atoms with E-state index in [9.17, 15) is 4.79 Å². The van der Waals surface area contributed by atoms with Crippen LogP contribution in [0.5, 0.6) is 0 Å². The van der Waals surface area contributed by atoms with Gasteiger partial charge in [0.15, 0.2) is 0 Å². The summed E-state index contributed by atoms with van der Waals surface area (Å²) in [6.07, 6.45) is 0.813. The lowest BCUT2D eigenvalue weighted by atomic mass is 10.1. The topological polar surface area (TPSA) is 49.3 Å². The average Bonchev–Trinajstić information content (AvgIpc) is 2.84. The number of amides is 1. The molecule has 0 heterocycles. The Labute approximate surface area is 90.3 Å². The van der Waals surface area contributed by atoms with Crippen molar-refractivity contribution < 1.29 is 9.90 Å². The maximum Gasteiger partial charge on any atom is 0.405 e. The fraction of sp³-hybridized carbons (Fsp3) is 0.300. The van der Waals surface area contributed by atoms with Crippen molar-refractivity contribution in [3.63, 3.8) is 0 Å². The molecule has 0 bridgehead atoms. The smallest absolute Gasteiger partial charge is 0.405 e. The summed E-state index contributed by atoms with van der Waals surface area (Å²) in [6.45, 7) is 0. The summed E-state index contributed by atoms with van der Waals surface area (Å²) in [7, 11) is 0. The summed E-state index contributed by atoms with van der Waals surface area (Å²) in [5.41, 5.74) is 0.713. The third-order valence-electron chi connectivity index (χ3n) is 2.47. The van der Waals surface area contributed by atoms with Crippen LogP contribution in [0.3, 0.4) is 0 Å². The molecule has 1 aliphatic rings. The molecule has 0 saturated heterocycles. The maximum atomic E-state index is 10.6. The molecule has 1 amide bonds. The van der Waals surface area contributed by atoms with Crippen LogP contribution in [0, 0.1) is 0 Å². The first-order chi connectivity index (χ1) is 6.62. The number of carboxylic acid groups (broad SMARTS) is 1. The molecule has 0 radical (unpaired) electrons. The summed E-state index contributed by atoms with van der Waals surface area (Å²) in [4.78, 5) is 10.6. The Kier molecular flexibility index (Phi) is 2.23. The molecule has 0 aliphatic heterocycles. The van der Waals surface area contributed by atoms with Crippen LogP contribution in [0.1, 0.15) is 18.4 Å². The molecule has 14 heavy (non-hydrogen) atoms. The summed E-state index contributed by atoms with van der Waals surface area (Å²) in [5, 5.41) is 11.3. The zero-order chi connectivity index (χ0) is 10.2. The second-order valence-electron chi connectivity index (χ2n) is 3.52. The molecule has 2 rings (SSSR count). The molecule has 1 fully saturated rings. The van der Waals surface area contributed by atoms with Crippen LogP contribution >= 0.6 is 15.9 Å². The van der Waals surface area contributed by atoms with Crippen molar-refractivity contribution >= 4 is 22.0 Å². The minimum absolute atomic E-state index is 0.324. The van der Waals surface area contributed by atoms with E-state index in [1.807, 2.05) is 24.3 Å². The van der Waals surface area contributed by atoms with E-state index in [0.29, 0.717) is 0 Å². The zero-order valence-corrected chi connectivity index (χ0v) is 9.04. The van der Waals surface area contributed by atoms with E-state index in [0.717, 1.165) is 22.9 Å². The number of nitrogens with one attached hydrogen (secondary N) is 1. The van der Waals surface area contributed by atoms with Gasteiger partial charge in [-0.1, -0.05) is 28.1 Å². The molecule has 1 aromatic rings. The number of carbonyl (C=O) groups is 1. The van der Waals surface area contributed by atoms with E-state index in [2.05, 4.69) is 21.2 Å². The highest BCUT2D eigenvalue weighted by Crippen LogP contribution is 2.45. The second-order valence-corrected chi connectivity index (χ2v) is 4.44. The van der Waals surface area contributed by atoms with Gasteiger partial charge in [0.2, 0.25) is 0 Å². The number of hydrogen-bond acceptors (Lipinski definition) is 1. The SMILES string of the molecule is O=C(O)NC1(c2cccc(Br)c2)CC1. The predicted octanol–water partition coefficient (Wildman–Crippen LogP) is 2.71. The van der Waals surface area contributed by atoms with Crippen molar-refractivity contribution in [2.75, 3.05) is 0 Å². The molecular weight excluding hydrogens is 246 g/mol. The molecule has 1 aliphatic carbocycles. The van der Waals surface area contributed by atoms with Crippen molar-refractivity contribution in [3.8, 4) is 0 Å². The van der Waals surface area contributed by atoms with E-state index in [-0.39, 0.29) is 5.54 Å². The van der Waals surface area contributed by atoms with E-state index < -0.39 is 6.09 Å². The van der Waals surface area contributed by atoms with Crippen molar-refractivity contribution in [2.24, 2.45) is 0 Å². The summed E-state index contributed by atoms with van der Waals surface area (Å²) in [6, 6.07) is 7.76. The van der Waals surface area contributed by atoms with E-state index in [1.165, 1.54) is 0 Å². The standard InChI is InChI=1S/C10H10BrNO2/c11-8-3-1-2-7(6-8)10(4-5-10)12-9(13)14/h1-3,6,12H,4-5H2,(H,13,14). The molecule has 74 valence electrons. The van der Waals surface area contributed by atoms with E-state index in [4.69, 9.17) is 5.11 Å². The molecule has 1 aromatic carbocycles. The summed E-state index contributed by atoms with van der Waals surface area (Å²) >= 11 is 3.37. The number of benzene rings is 1. The van der Waals surface area contributed by atoms with Gasteiger partial charge in [0.25, 0.3) is 0 Å². The molecule has 4 heteroatoms. The van der Waals surface area contributed by atoms with Crippen molar-refractivity contribution in [1.29, 1.82) is 0 Å². The highest BCUT2D eigenvalue weighted by molar-refractivity contribution is 9.10. The normalized spacial score (nSPS) is 17.5. The van der Waals surface area contributed by atoms with Crippen molar-refractivity contribution in [1.82, 2.24) is 5.32 Å². The molecule has 3 nitrogen and oxygen atoms in total. The van der Waals surface area contributed by atoms with Gasteiger partial charge in [-0.3, -0.25) is 0 Å². The van der Waals surface area contributed by atoms with Crippen LogP contribution in [0.4, 0.5) is 4.79 Å². The lowest BCUT2D eigenvalue weighted by molar-refractivity contribution is 0.188. The van der Waals surface area contributed by atoms with E-state index >= 15 is 0 Å². The fourth-order valence-electron chi connectivity index (χ4n) is 1.60. The maximum absolute atomic E-state index is 10.6. The molecular formula is C10H10BrNO2. The largest absolute Gasteiger partial charge is 0.465 e. The number of hydrogen-bond donors (Lipinski definition) is 2. The Morgan fingerprint density at radius 3 is 2.71 bits per heavy atom. The third-order valence-corrected chi connectivity index (χ3v) is 2.97. The Bertz CT molecular complexity index is 374. The average molecular weight is 256 g/mol. The van der Waals surface area contributed by atoms with Gasteiger partial charge in [0.05, 0.1) is 5.54 Å².